The molecule has 6 nitrogen and oxygen atoms in total. The average molecular weight is 375 g/mol. The van der Waals surface area contributed by atoms with E-state index in [-0.39, 0.29) is 11.6 Å². The molecule has 0 unspecified atom stereocenters. The molecule has 144 valence electrons. The molecule has 28 heavy (non-hydrogen) atoms. The van der Waals surface area contributed by atoms with Gasteiger partial charge in [-0.3, -0.25) is 4.79 Å². The normalized spacial score (nSPS) is 10.6. The highest BCUT2D eigenvalue weighted by Crippen LogP contribution is 2.16. The standard InChI is InChI=1S/C22H25N5O/c1-2-27(15-14-24-16-17-8-4-3-5-9-17)20-12-6-11-19(26-20)21(28)18-10-7-13-25-22(18)23/h3-13,24H,2,14-16H2,1H3,(H2,23,25). The molecule has 0 saturated heterocycles. The van der Waals surface area contributed by atoms with Crippen LogP contribution in [-0.2, 0) is 6.54 Å². The molecule has 0 atom stereocenters. The molecular weight excluding hydrogens is 350 g/mol. The van der Waals surface area contributed by atoms with Crippen molar-refractivity contribution < 1.29 is 4.79 Å². The van der Waals surface area contributed by atoms with Crippen LogP contribution in [0.15, 0.2) is 66.9 Å². The Balaban J connectivity index is 1.64. The van der Waals surface area contributed by atoms with Gasteiger partial charge in [0.05, 0.1) is 5.56 Å². The van der Waals surface area contributed by atoms with E-state index in [4.69, 9.17) is 5.73 Å². The zero-order chi connectivity index (χ0) is 19.8. The van der Waals surface area contributed by atoms with Crippen LogP contribution in [0.5, 0.6) is 0 Å². The van der Waals surface area contributed by atoms with Gasteiger partial charge < -0.3 is 16.0 Å². The summed E-state index contributed by atoms with van der Waals surface area (Å²) in [5.74, 6) is 0.778. The van der Waals surface area contributed by atoms with Gasteiger partial charge in [-0.25, -0.2) is 9.97 Å². The van der Waals surface area contributed by atoms with E-state index in [1.807, 2.05) is 30.3 Å². The molecular formula is C22H25N5O. The van der Waals surface area contributed by atoms with E-state index in [1.165, 1.54) is 5.56 Å². The molecule has 1 aromatic carbocycles. The summed E-state index contributed by atoms with van der Waals surface area (Å²) in [6.45, 7) is 5.31. The van der Waals surface area contributed by atoms with Crippen molar-refractivity contribution in [1.82, 2.24) is 15.3 Å². The van der Waals surface area contributed by atoms with Crippen LogP contribution in [-0.4, -0.2) is 35.4 Å². The van der Waals surface area contributed by atoms with Gasteiger partial charge in [-0.05, 0) is 36.8 Å². The number of pyridine rings is 2. The minimum absolute atomic E-state index is 0.217. The van der Waals surface area contributed by atoms with Gasteiger partial charge in [0.2, 0.25) is 5.78 Å². The van der Waals surface area contributed by atoms with Gasteiger partial charge in [-0.15, -0.1) is 0 Å². The lowest BCUT2D eigenvalue weighted by molar-refractivity contribution is 0.103. The van der Waals surface area contributed by atoms with E-state index in [9.17, 15) is 4.79 Å². The Labute approximate surface area is 165 Å². The lowest BCUT2D eigenvalue weighted by Gasteiger charge is -2.22. The monoisotopic (exact) mass is 375 g/mol. The zero-order valence-electron chi connectivity index (χ0n) is 16.0. The van der Waals surface area contributed by atoms with E-state index >= 15 is 0 Å². The van der Waals surface area contributed by atoms with Crippen LogP contribution in [0.4, 0.5) is 11.6 Å². The number of carbonyl (C=O) groups is 1. The molecule has 3 rings (SSSR count). The van der Waals surface area contributed by atoms with Gasteiger partial charge in [0.15, 0.2) is 0 Å². The van der Waals surface area contributed by atoms with Gasteiger partial charge in [-0.1, -0.05) is 36.4 Å². The zero-order valence-corrected chi connectivity index (χ0v) is 16.0. The molecule has 0 amide bonds. The van der Waals surface area contributed by atoms with E-state index < -0.39 is 0 Å². The largest absolute Gasteiger partial charge is 0.383 e. The SMILES string of the molecule is CCN(CCNCc1ccccc1)c1cccc(C(=O)c2cccnc2N)n1. The lowest BCUT2D eigenvalue weighted by atomic mass is 10.1. The van der Waals surface area contributed by atoms with Crippen LogP contribution in [0.3, 0.4) is 0 Å². The Morgan fingerprint density at radius 2 is 1.89 bits per heavy atom. The van der Waals surface area contributed by atoms with Crippen LogP contribution in [0.2, 0.25) is 0 Å². The number of benzene rings is 1. The van der Waals surface area contributed by atoms with E-state index in [0.717, 1.165) is 32.0 Å². The average Bonchev–Trinajstić information content (AvgIpc) is 2.74. The summed E-state index contributed by atoms with van der Waals surface area (Å²) in [6.07, 6.45) is 1.57. The Bertz CT molecular complexity index is 914. The number of likely N-dealkylation sites (N-methyl/N-ethyl adjacent to an activating group) is 1. The fraction of sp³-hybridized carbons (Fsp3) is 0.227. The molecule has 0 radical (unpaired) electrons. The number of nitrogens with zero attached hydrogens (tertiary/aromatic N) is 3. The summed E-state index contributed by atoms with van der Waals surface area (Å²) in [4.78, 5) is 23.4. The van der Waals surface area contributed by atoms with Crippen molar-refractivity contribution in [2.75, 3.05) is 30.3 Å². The quantitative estimate of drug-likeness (QED) is 0.442. The lowest BCUT2D eigenvalue weighted by Crippen LogP contribution is -2.32. The predicted molar refractivity (Wildman–Crippen MR) is 112 cm³/mol. The maximum Gasteiger partial charge on any atom is 0.215 e. The van der Waals surface area contributed by atoms with E-state index in [2.05, 4.69) is 39.2 Å². The number of ketones is 1. The number of anilines is 2. The summed E-state index contributed by atoms with van der Waals surface area (Å²) >= 11 is 0. The minimum atomic E-state index is -0.217. The fourth-order valence-corrected chi connectivity index (χ4v) is 2.95. The molecule has 2 aromatic heterocycles. The molecule has 3 aromatic rings. The molecule has 6 heteroatoms. The highest BCUT2D eigenvalue weighted by molar-refractivity contribution is 6.10. The summed E-state index contributed by atoms with van der Waals surface area (Å²) in [6, 6.07) is 19.1. The Kier molecular flexibility index (Phi) is 6.70. The number of rotatable bonds is 9. The summed E-state index contributed by atoms with van der Waals surface area (Å²) in [7, 11) is 0. The molecule has 0 saturated carbocycles. The van der Waals surface area contributed by atoms with Gasteiger partial charge >= 0.3 is 0 Å². The first kappa shape index (κ1) is 19.5. The number of hydrogen-bond donors (Lipinski definition) is 2. The Hall–Kier alpha value is -3.25. The summed E-state index contributed by atoms with van der Waals surface area (Å²) in [5.41, 5.74) is 7.83. The molecule has 0 spiro atoms. The molecule has 3 N–H and O–H groups in total. The first-order valence-electron chi connectivity index (χ1n) is 9.41. The van der Waals surface area contributed by atoms with Crippen LogP contribution < -0.4 is 16.0 Å². The van der Waals surface area contributed by atoms with Crippen molar-refractivity contribution >= 4 is 17.4 Å². The van der Waals surface area contributed by atoms with Crippen LogP contribution in [0, 0.1) is 0 Å². The van der Waals surface area contributed by atoms with Gasteiger partial charge in [0.25, 0.3) is 0 Å². The van der Waals surface area contributed by atoms with Crippen molar-refractivity contribution in [3.8, 4) is 0 Å². The van der Waals surface area contributed by atoms with Gasteiger partial charge in [0.1, 0.15) is 17.3 Å². The minimum Gasteiger partial charge on any atom is -0.383 e. The van der Waals surface area contributed by atoms with Crippen LogP contribution in [0.25, 0.3) is 0 Å². The summed E-state index contributed by atoms with van der Waals surface area (Å²) < 4.78 is 0. The Morgan fingerprint density at radius 3 is 2.64 bits per heavy atom. The van der Waals surface area contributed by atoms with Crippen LogP contribution in [0.1, 0.15) is 28.5 Å². The third kappa shape index (κ3) is 4.92. The fourth-order valence-electron chi connectivity index (χ4n) is 2.95. The number of carbonyl (C=O) groups excluding carboxylic acids is 1. The molecule has 2 heterocycles. The number of nitrogens with two attached hydrogens (primary N) is 1. The molecule has 0 aliphatic heterocycles. The van der Waals surface area contributed by atoms with Gasteiger partial charge in [0, 0.05) is 32.4 Å². The predicted octanol–water partition coefficient (Wildman–Crippen LogP) is 2.91. The maximum atomic E-state index is 12.7. The highest BCUT2D eigenvalue weighted by Gasteiger charge is 2.16. The number of aromatic nitrogens is 2. The maximum absolute atomic E-state index is 12.7. The first-order chi connectivity index (χ1) is 13.7. The molecule has 0 fully saturated rings. The molecule has 0 bridgehead atoms. The van der Waals surface area contributed by atoms with Crippen molar-refractivity contribution in [3.63, 3.8) is 0 Å². The van der Waals surface area contributed by atoms with Crippen molar-refractivity contribution in [3.05, 3.63) is 83.7 Å². The highest BCUT2D eigenvalue weighted by atomic mass is 16.1. The number of nitrogen functional groups attached to an aromatic ring is 1. The molecule has 0 aliphatic rings. The van der Waals surface area contributed by atoms with Gasteiger partial charge in [-0.2, -0.15) is 0 Å². The second kappa shape index (κ2) is 9.62. The number of nitrogens with one attached hydrogen (secondary N) is 1. The second-order valence-corrected chi connectivity index (χ2v) is 6.39. The van der Waals surface area contributed by atoms with Crippen molar-refractivity contribution in [2.24, 2.45) is 0 Å². The van der Waals surface area contributed by atoms with Crippen molar-refractivity contribution in [2.45, 2.75) is 13.5 Å². The van der Waals surface area contributed by atoms with Crippen LogP contribution >= 0.6 is 0 Å². The third-order valence-corrected chi connectivity index (χ3v) is 4.49. The topological polar surface area (TPSA) is 84.1 Å². The first-order valence-corrected chi connectivity index (χ1v) is 9.41. The van der Waals surface area contributed by atoms with E-state index in [1.54, 1.807) is 24.4 Å². The van der Waals surface area contributed by atoms with Crippen molar-refractivity contribution in [1.29, 1.82) is 0 Å². The molecule has 0 aliphatic carbocycles. The summed E-state index contributed by atoms with van der Waals surface area (Å²) in [5, 5.41) is 3.45. The third-order valence-electron chi connectivity index (χ3n) is 4.49. The number of hydrogen-bond acceptors (Lipinski definition) is 6. The van der Waals surface area contributed by atoms with E-state index in [0.29, 0.717) is 11.3 Å². The second-order valence-electron chi connectivity index (χ2n) is 6.39. The smallest absolute Gasteiger partial charge is 0.215 e. The Morgan fingerprint density at radius 1 is 1.07 bits per heavy atom.